The van der Waals surface area contributed by atoms with Gasteiger partial charge in [0.15, 0.2) is 5.65 Å². The van der Waals surface area contributed by atoms with Crippen molar-refractivity contribution in [2.75, 3.05) is 24.3 Å². The van der Waals surface area contributed by atoms with Crippen molar-refractivity contribution in [2.45, 2.75) is 6.54 Å². The fourth-order valence-corrected chi connectivity index (χ4v) is 2.67. The first-order valence-corrected chi connectivity index (χ1v) is 7.00. The van der Waals surface area contributed by atoms with Crippen molar-refractivity contribution in [3.8, 4) is 0 Å². The molecule has 3 rings (SSSR count). The number of anilines is 2. The van der Waals surface area contributed by atoms with E-state index in [0.29, 0.717) is 6.54 Å². The van der Waals surface area contributed by atoms with Crippen LogP contribution >= 0.6 is 11.6 Å². The minimum Gasteiger partial charge on any atom is -0.378 e. The molecule has 5 nitrogen and oxygen atoms in total. The molecule has 0 fully saturated rings. The molecule has 2 heterocycles. The van der Waals surface area contributed by atoms with E-state index in [1.54, 1.807) is 12.4 Å². The van der Waals surface area contributed by atoms with Gasteiger partial charge in [0.05, 0.1) is 41.0 Å². The summed E-state index contributed by atoms with van der Waals surface area (Å²) in [6.07, 6.45) is 7.25. The monoisotopic (exact) mass is 301 g/mol. The maximum atomic E-state index is 6.27. The molecular formula is C15H16ClN5. The Kier molecular flexibility index (Phi) is 3.66. The molecule has 0 radical (unpaired) electrons. The molecule has 6 heteroatoms. The number of imidazole rings is 1. The molecule has 2 aromatic heterocycles. The third-order valence-corrected chi connectivity index (χ3v) is 3.59. The van der Waals surface area contributed by atoms with Gasteiger partial charge in [0, 0.05) is 26.5 Å². The van der Waals surface area contributed by atoms with Crippen LogP contribution in [0.25, 0.3) is 5.65 Å². The zero-order valence-electron chi connectivity index (χ0n) is 11.9. The maximum Gasteiger partial charge on any atom is 0.155 e. The molecule has 0 spiro atoms. The molecule has 0 unspecified atom stereocenters. The van der Waals surface area contributed by atoms with Crippen molar-refractivity contribution in [1.29, 1.82) is 0 Å². The molecule has 0 aliphatic carbocycles. The highest BCUT2D eigenvalue weighted by Crippen LogP contribution is 2.32. The highest BCUT2D eigenvalue weighted by atomic mass is 35.5. The maximum absolute atomic E-state index is 6.27. The SMILES string of the molecule is CN(C)c1c(Cl)cccc1NCc1cnc2cnccn12. The second-order valence-electron chi connectivity index (χ2n) is 4.94. The average molecular weight is 302 g/mol. The molecule has 1 N–H and O–H groups in total. The van der Waals surface area contributed by atoms with Crippen LogP contribution in [0.5, 0.6) is 0 Å². The third kappa shape index (κ3) is 2.64. The van der Waals surface area contributed by atoms with E-state index in [2.05, 4.69) is 15.3 Å². The Morgan fingerprint density at radius 2 is 2.14 bits per heavy atom. The number of hydrogen-bond acceptors (Lipinski definition) is 4. The Labute approximate surface area is 128 Å². The van der Waals surface area contributed by atoms with Gasteiger partial charge in [-0.05, 0) is 12.1 Å². The number of nitrogens with zero attached hydrogens (tertiary/aromatic N) is 4. The van der Waals surface area contributed by atoms with Crippen LogP contribution in [0.2, 0.25) is 5.02 Å². The molecule has 0 aliphatic heterocycles. The highest BCUT2D eigenvalue weighted by molar-refractivity contribution is 6.34. The predicted molar refractivity (Wildman–Crippen MR) is 86.1 cm³/mol. The lowest BCUT2D eigenvalue weighted by Gasteiger charge is -2.19. The number of nitrogens with one attached hydrogen (secondary N) is 1. The molecule has 0 aliphatic rings. The Hall–Kier alpha value is -2.27. The fourth-order valence-electron chi connectivity index (χ4n) is 2.32. The Morgan fingerprint density at radius 1 is 1.29 bits per heavy atom. The van der Waals surface area contributed by atoms with E-state index < -0.39 is 0 Å². The molecule has 3 aromatic rings. The molecule has 21 heavy (non-hydrogen) atoms. The topological polar surface area (TPSA) is 45.5 Å². The lowest BCUT2D eigenvalue weighted by atomic mass is 10.2. The quantitative estimate of drug-likeness (QED) is 0.804. The number of aromatic nitrogens is 3. The van der Waals surface area contributed by atoms with Gasteiger partial charge in [0.25, 0.3) is 0 Å². The Morgan fingerprint density at radius 3 is 2.95 bits per heavy atom. The summed E-state index contributed by atoms with van der Waals surface area (Å²) in [5.74, 6) is 0. The summed E-state index contributed by atoms with van der Waals surface area (Å²) in [5, 5.41) is 4.15. The molecule has 0 amide bonds. The van der Waals surface area contributed by atoms with Crippen LogP contribution in [-0.4, -0.2) is 28.5 Å². The lowest BCUT2D eigenvalue weighted by molar-refractivity contribution is 0.988. The van der Waals surface area contributed by atoms with Gasteiger partial charge >= 0.3 is 0 Å². The average Bonchev–Trinajstić information content (AvgIpc) is 2.88. The molecule has 0 bridgehead atoms. The number of rotatable bonds is 4. The van der Waals surface area contributed by atoms with Gasteiger partial charge < -0.3 is 10.2 Å². The van der Waals surface area contributed by atoms with Gasteiger partial charge in [0.2, 0.25) is 0 Å². The van der Waals surface area contributed by atoms with Crippen LogP contribution in [0, 0.1) is 0 Å². The zero-order chi connectivity index (χ0) is 14.8. The van der Waals surface area contributed by atoms with Gasteiger partial charge in [-0.25, -0.2) is 4.98 Å². The standard InChI is InChI=1S/C15H16ClN5/c1-20(2)15-12(16)4-3-5-13(15)18-8-11-9-19-14-10-17-6-7-21(11)14/h3-7,9-10,18H,8H2,1-2H3. The van der Waals surface area contributed by atoms with Crippen molar-refractivity contribution in [1.82, 2.24) is 14.4 Å². The summed E-state index contributed by atoms with van der Waals surface area (Å²) in [7, 11) is 3.96. The van der Waals surface area contributed by atoms with Crippen LogP contribution in [0.3, 0.4) is 0 Å². The summed E-state index contributed by atoms with van der Waals surface area (Å²) in [6.45, 7) is 0.659. The Bertz CT molecular complexity index is 766. The van der Waals surface area contributed by atoms with Crippen molar-refractivity contribution < 1.29 is 0 Å². The zero-order valence-corrected chi connectivity index (χ0v) is 12.7. The number of benzene rings is 1. The summed E-state index contributed by atoms with van der Waals surface area (Å²) in [4.78, 5) is 10.4. The van der Waals surface area contributed by atoms with Crippen LogP contribution in [-0.2, 0) is 6.54 Å². The summed E-state index contributed by atoms with van der Waals surface area (Å²) in [5.41, 5.74) is 3.89. The molecular weight excluding hydrogens is 286 g/mol. The van der Waals surface area contributed by atoms with Crippen molar-refractivity contribution in [3.63, 3.8) is 0 Å². The van der Waals surface area contributed by atoms with Gasteiger partial charge in [0.1, 0.15) is 0 Å². The summed E-state index contributed by atoms with van der Waals surface area (Å²) in [6, 6.07) is 5.85. The van der Waals surface area contributed by atoms with Crippen molar-refractivity contribution in [2.24, 2.45) is 0 Å². The van der Waals surface area contributed by atoms with Gasteiger partial charge in [-0.15, -0.1) is 0 Å². The van der Waals surface area contributed by atoms with E-state index in [4.69, 9.17) is 11.6 Å². The molecule has 108 valence electrons. The number of fused-ring (bicyclic) bond motifs is 1. The van der Waals surface area contributed by atoms with Gasteiger partial charge in [-0.3, -0.25) is 9.38 Å². The molecule has 0 saturated heterocycles. The third-order valence-electron chi connectivity index (χ3n) is 3.29. The smallest absolute Gasteiger partial charge is 0.155 e. The van der Waals surface area contributed by atoms with E-state index >= 15 is 0 Å². The minimum absolute atomic E-state index is 0.659. The second-order valence-corrected chi connectivity index (χ2v) is 5.35. The predicted octanol–water partition coefficient (Wildman–Crippen LogP) is 3.06. The van der Waals surface area contributed by atoms with Gasteiger partial charge in [-0.2, -0.15) is 0 Å². The van der Waals surface area contributed by atoms with Crippen LogP contribution in [0.15, 0.2) is 43.0 Å². The van der Waals surface area contributed by atoms with Crippen LogP contribution < -0.4 is 10.2 Å². The fraction of sp³-hybridized carbons (Fsp3) is 0.200. The summed E-state index contributed by atoms with van der Waals surface area (Å²) >= 11 is 6.27. The lowest BCUT2D eigenvalue weighted by Crippen LogP contribution is -2.13. The first-order chi connectivity index (χ1) is 10.2. The second kappa shape index (κ2) is 5.61. The summed E-state index contributed by atoms with van der Waals surface area (Å²) < 4.78 is 2.01. The normalized spacial score (nSPS) is 10.8. The van der Waals surface area contributed by atoms with Crippen LogP contribution in [0.4, 0.5) is 11.4 Å². The Balaban J connectivity index is 1.87. The number of para-hydroxylation sites is 1. The molecule has 0 atom stereocenters. The highest BCUT2D eigenvalue weighted by Gasteiger charge is 2.09. The first-order valence-electron chi connectivity index (χ1n) is 6.62. The first kappa shape index (κ1) is 13.7. The molecule has 1 aromatic carbocycles. The van der Waals surface area contributed by atoms with Crippen molar-refractivity contribution in [3.05, 3.63) is 53.7 Å². The van der Waals surface area contributed by atoms with Gasteiger partial charge in [-0.1, -0.05) is 17.7 Å². The largest absolute Gasteiger partial charge is 0.378 e. The number of hydrogen-bond donors (Lipinski definition) is 1. The minimum atomic E-state index is 0.659. The van der Waals surface area contributed by atoms with E-state index in [0.717, 1.165) is 27.7 Å². The van der Waals surface area contributed by atoms with E-state index in [1.165, 1.54) is 0 Å². The van der Waals surface area contributed by atoms with Crippen LogP contribution in [0.1, 0.15) is 5.69 Å². The molecule has 0 saturated carbocycles. The van der Waals surface area contributed by atoms with E-state index in [9.17, 15) is 0 Å². The van der Waals surface area contributed by atoms with E-state index in [1.807, 2.05) is 54.0 Å². The van der Waals surface area contributed by atoms with E-state index in [-0.39, 0.29) is 0 Å². The van der Waals surface area contributed by atoms with Crippen molar-refractivity contribution >= 4 is 28.6 Å². The number of halogens is 1.